The zero-order valence-corrected chi connectivity index (χ0v) is 6.00. The van der Waals surface area contributed by atoms with Crippen LogP contribution in [-0.2, 0) is 0 Å². The summed E-state index contributed by atoms with van der Waals surface area (Å²) in [5, 5.41) is 2.85. The molecule has 2 N–H and O–H groups in total. The van der Waals surface area contributed by atoms with Crippen molar-refractivity contribution < 1.29 is 0 Å². The molecule has 0 spiro atoms. The number of rotatable bonds is 4. The maximum Gasteiger partial charge on any atom is 0.0892 e. The summed E-state index contributed by atoms with van der Waals surface area (Å²) in [6.07, 6.45) is 1.69. The molecular formula is C6H14N2O. The molecule has 0 heterocycles. The molecule has 0 amide bonds. The first-order chi connectivity index (χ1) is 4.16. The molecule has 54 valence electrons. The van der Waals surface area contributed by atoms with Gasteiger partial charge in [-0.2, -0.15) is 4.91 Å². The summed E-state index contributed by atoms with van der Waals surface area (Å²) in [7, 11) is 0. The predicted octanol–water partition coefficient (Wildman–Crippen LogP) is 1.27. The minimum atomic E-state index is -0.0731. The van der Waals surface area contributed by atoms with Crippen molar-refractivity contribution >= 4 is 0 Å². The van der Waals surface area contributed by atoms with Crippen molar-refractivity contribution in [3.8, 4) is 0 Å². The van der Waals surface area contributed by atoms with Gasteiger partial charge in [-0.15, -0.1) is 0 Å². The highest BCUT2D eigenvalue weighted by Crippen LogP contribution is 2.01. The van der Waals surface area contributed by atoms with E-state index in [-0.39, 0.29) is 12.1 Å². The number of nitroso groups, excluding NO2 is 1. The minimum absolute atomic E-state index is 0.0731. The molecule has 0 rings (SSSR count). The molecule has 0 aromatic carbocycles. The zero-order valence-electron chi connectivity index (χ0n) is 6.00. The summed E-state index contributed by atoms with van der Waals surface area (Å²) in [5.41, 5.74) is 5.45. The van der Waals surface area contributed by atoms with Crippen LogP contribution in [-0.4, -0.2) is 12.1 Å². The van der Waals surface area contributed by atoms with E-state index in [1.54, 1.807) is 6.92 Å². The van der Waals surface area contributed by atoms with Crippen molar-refractivity contribution in [1.82, 2.24) is 0 Å². The maximum atomic E-state index is 9.83. The molecule has 9 heavy (non-hydrogen) atoms. The fourth-order valence-electron chi connectivity index (χ4n) is 0.557. The van der Waals surface area contributed by atoms with Gasteiger partial charge in [-0.1, -0.05) is 5.18 Å². The maximum absolute atomic E-state index is 9.83. The largest absolute Gasteiger partial charge is 0.328 e. The van der Waals surface area contributed by atoms with E-state index in [4.69, 9.17) is 5.73 Å². The van der Waals surface area contributed by atoms with Crippen molar-refractivity contribution in [3.63, 3.8) is 0 Å². The van der Waals surface area contributed by atoms with E-state index in [1.165, 1.54) is 0 Å². The van der Waals surface area contributed by atoms with E-state index in [1.807, 2.05) is 6.92 Å². The van der Waals surface area contributed by atoms with Crippen LogP contribution in [0.2, 0.25) is 0 Å². The fourth-order valence-corrected chi connectivity index (χ4v) is 0.557. The van der Waals surface area contributed by atoms with Crippen molar-refractivity contribution in [1.29, 1.82) is 0 Å². The SMILES string of the molecule is CC(N)CCC(C)N=O. The van der Waals surface area contributed by atoms with Crippen LogP contribution in [0.1, 0.15) is 26.7 Å². The third-order valence-corrected chi connectivity index (χ3v) is 1.22. The molecule has 0 saturated carbocycles. The second kappa shape index (κ2) is 4.44. The fraction of sp³-hybridized carbons (Fsp3) is 1.00. The minimum Gasteiger partial charge on any atom is -0.328 e. The summed E-state index contributed by atoms with van der Waals surface area (Å²) in [6, 6.07) is 0.116. The first kappa shape index (κ1) is 8.56. The Morgan fingerprint density at radius 1 is 1.44 bits per heavy atom. The number of nitrogens with two attached hydrogens (primary N) is 1. The van der Waals surface area contributed by atoms with Crippen molar-refractivity contribution in [3.05, 3.63) is 4.91 Å². The van der Waals surface area contributed by atoms with Gasteiger partial charge in [-0.3, -0.25) is 0 Å². The standard InChI is InChI=1S/C6H14N2O/c1-5(7)3-4-6(2)8-9/h5-6H,3-4,7H2,1-2H3. The van der Waals surface area contributed by atoms with Gasteiger partial charge in [0.1, 0.15) is 0 Å². The molecule has 0 radical (unpaired) electrons. The van der Waals surface area contributed by atoms with Gasteiger partial charge in [-0.25, -0.2) is 0 Å². The smallest absolute Gasteiger partial charge is 0.0892 e. The Hall–Kier alpha value is -0.440. The van der Waals surface area contributed by atoms with Crippen molar-refractivity contribution in [2.75, 3.05) is 0 Å². The average Bonchev–Trinajstić information content (AvgIpc) is 1.83. The monoisotopic (exact) mass is 130 g/mol. The van der Waals surface area contributed by atoms with Crippen molar-refractivity contribution in [2.45, 2.75) is 38.8 Å². The Morgan fingerprint density at radius 3 is 2.33 bits per heavy atom. The molecule has 3 nitrogen and oxygen atoms in total. The van der Waals surface area contributed by atoms with Crippen LogP contribution in [0.15, 0.2) is 5.18 Å². The molecule has 0 fully saturated rings. The molecule has 3 heteroatoms. The van der Waals surface area contributed by atoms with Crippen molar-refractivity contribution in [2.24, 2.45) is 10.9 Å². The normalized spacial score (nSPS) is 16.8. The first-order valence-electron chi connectivity index (χ1n) is 3.25. The molecule has 0 bridgehead atoms. The van der Waals surface area contributed by atoms with E-state index >= 15 is 0 Å². The Kier molecular flexibility index (Phi) is 4.22. The third-order valence-electron chi connectivity index (χ3n) is 1.22. The summed E-state index contributed by atoms with van der Waals surface area (Å²) in [5.74, 6) is 0. The molecule has 0 aliphatic rings. The van der Waals surface area contributed by atoms with Gasteiger partial charge < -0.3 is 5.73 Å². The Morgan fingerprint density at radius 2 is 2.00 bits per heavy atom. The summed E-state index contributed by atoms with van der Waals surface area (Å²) in [4.78, 5) is 9.83. The Bertz CT molecular complexity index is 83.1. The summed E-state index contributed by atoms with van der Waals surface area (Å²) in [6.45, 7) is 3.73. The van der Waals surface area contributed by atoms with Gasteiger partial charge in [0.05, 0.1) is 6.04 Å². The van der Waals surface area contributed by atoms with Gasteiger partial charge in [0.2, 0.25) is 0 Å². The topological polar surface area (TPSA) is 55.4 Å². The number of hydrogen-bond donors (Lipinski definition) is 1. The molecule has 2 atom stereocenters. The second-order valence-electron chi connectivity index (χ2n) is 2.51. The Balaban J connectivity index is 3.16. The number of hydrogen-bond acceptors (Lipinski definition) is 3. The van der Waals surface area contributed by atoms with Gasteiger partial charge >= 0.3 is 0 Å². The van der Waals surface area contributed by atoms with Crippen LogP contribution in [0.4, 0.5) is 0 Å². The number of nitrogens with zero attached hydrogens (tertiary/aromatic N) is 1. The van der Waals surface area contributed by atoms with E-state index in [0.717, 1.165) is 12.8 Å². The summed E-state index contributed by atoms with van der Waals surface area (Å²) >= 11 is 0. The lowest BCUT2D eigenvalue weighted by atomic mass is 10.1. The van der Waals surface area contributed by atoms with Gasteiger partial charge in [-0.05, 0) is 26.7 Å². The lowest BCUT2D eigenvalue weighted by Crippen LogP contribution is -2.16. The van der Waals surface area contributed by atoms with E-state index in [9.17, 15) is 4.91 Å². The van der Waals surface area contributed by atoms with Crippen LogP contribution in [0.3, 0.4) is 0 Å². The molecule has 0 aliphatic heterocycles. The molecule has 2 unspecified atom stereocenters. The van der Waals surface area contributed by atoms with Crippen LogP contribution >= 0.6 is 0 Å². The summed E-state index contributed by atoms with van der Waals surface area (Å²) < 4.78 is 0. The van der Waals surface area contributed by atoms with E-state index in [2.05, 4.69) is 5.18 Å². The highest BCUT2D eigenvalue weighted by molar-refractivity contribution is 4.62. The highest BCUT2D eigenvalue weighted by Gasteiger charge is 2.01. The van der Waals surface area contributed by atoms with Crippen LogP contribution in [0, 0.1) is 4.91 Å². The molecule has 0 aliphatic carbocycles. The average molecular weight is 130 g/mol. The predicted molar refractivity (Wildman–Crippen MR) is 38.1 cm³/mol. The van der Waals surface area contributed by atoms with E-state index in [0.29, 0.717) is 0 Å². The second-order valence-corrected chi connectivity index (χ2v) is 2.51. The molecule has 0 aromatic heterocycles. The third kappa shape index (κ3) is 5.43. The zero-order chi connectivity index (χ0) is 7.28. The molecular weight excluding hydrogens is 116 g/mol. The first-order valence-corrected chi connectivity index (χ1v) is 3.25. The quantitative estimate of drug-likeness (QED) is 0.582. The molecule has 0 aromatic rings. The Labute approximate surface area is 55.6 Å². The van der Waals surface area contributed by atoms with Crippen LogP contribution in [0.5, 0.6) is 0 Å². The highest BCUT2D eigenvalue weighted by atomic mass is 16.3. The van der Waals surface area contributed by atoms with E-state index < -0.39 is 0 Å². The molecule has 0 saturated heterocycles. The van der Waals surface area contributed by atoms with Gasteiger partial charge in [0.15, 0.2) is 0 Å². The lowest BCUT2D eigenvalue weighted by Gasteiger charge is -2.04. The van der Waals surface area contributed by atoms with Gasteiger partial charge in [0.25, 0.3) is 0 Å². The lowest BCUT2D eigenvalue weighted by molar-refractivity contribution is 0.563. The van der Waals surface area contributed by atoms with Gasteiger partial charge in [0, 0.05) is 6.04 Å². The van der Waals surface area contributed by atoms with Crippen LogP contribution < -0.4 is 5.73 Å². The van der Waals surface area contributed by atoms with Crippen LogP contribution in [0.25, 0.3) is 0 Å².